The molecule has 2 N–H and O–H groups in total. The van der Waals surface area contributed by atoms with Crippen molar-refractivity contribution in [3.63, 3.8) is 0 Å². The minimum atomic E-state index is 0.0443. The predicted octanol–water partition coefficient (Wildman–Crippen LogP) is 1.41. The van der Waals surface area contributed by atoms with Crippen molar-refractivity contribution in [2.75, 3.05) is 0 Å². The van der Waals surface area contributed by atoms with Gasteiger partial charge in [-0.2, -0.15) is 0 Å². The van der Waals surface area contributed by atoms with Crippen molar-refractivity contribution in [1.82, 2.24) is 14.8 Å². The molecule has 0 radical (unpaired) electrons. The van der Waals surface area contributed by atoms with Gasteiger partial charge in [-0.25, -0.2) is 0 Å². The summed E-state index contributed by atoms with van der Waals surface area (Å²) in [5.41, 5.74) is 6.87. The second kappa shape index (κ2) is 4.97. The molecule has 0 aliphatic rings. The van der Waals surface area contributed by atoms with Gasteiger partial charge in [0.1, 0.15) is 18.7 Å². The molecule has 2 rings (SSSR count). The summed E-state index contributed by atoms with van der Waals surface area (Å²) in [4.78, 5) is 0. The number of nitrogens with zero attached hydrogens (tertiary/aromatic N) is 3. The third-order valence-corrected chi connectivity index (χ3v) is 2.58. The van der Waals surface area contributed by atoms with E-state index in [-0.39, 0.29) is 6.04 Å². The number of rotatable bonds is 4. The summed E-state index contributed by atoms with van der Waals surface area (Å²) >= 11 is 0. The lowest BCUT2D eigenvalue weighted by atomic mass is 10.1. The van der Waals surface area contributed by atoms with E-state index in [1.165, 1.54) is 0 Å². The Labute approximate surface area is 100 Å². The highest BCUT2D eigenvalue weighted by Gasteiger charge is 2.03. The predicted molar refractivity (Wildman–Crippen MR) is 64.4 cm³/mol. The fourth-order valence-corrected chi connectivity index (χ4v) is 1.45. The summed E-state index contributed by atoms with van der Waals surface area (Å²) in [5.74, 6) is 1.60. The van der Waals surface area contributed by atoms with Crippen LogP contribution < -0.4 is 10.5 Å². The number of hydrogen-bond donors (Lipinski definition) is 1. The van der Waals surface area contributed by atoms with Crippen LogP contribution in [0.1, 0.15) is 24.4 Å². The molecule has 1 unspecified atom stereocenters. The minimum Gasteiger partial charge on any atom is -0.486 e. The van der Waals surface area contributed by atoms with Gasteiger partial charge >= 0.3 is 0 Å². The molecule has 1 atom stereocenters. The van der Waals surface area contributed by atoms with Crippen molar-refractivity contribution in [1.29, 1.82) is 0 Å². The number of ether oxygens (including phenoxy) is 1. The average molecular weight is 232 g/mol. The Kier molecular flexibility index (Phi) is 3.39. The Bertz CT molecular complexity index is 476. The van der Waals surface area contributed by atoms with Crippen LogP contribution in [0.15, 0.2) is 30.6 Å². The number of aromatic nitrogens is 3. The number of benzene rings is 1. The first-order chi connectivity index (χ1) is 8.16. The highest BCUT2D eigenvalue weighted by atomic mass is 16.5. The first-order valence-electron chi connectivity index (χ1n) is 5.48. The second-order valence-corrected chi connectivity index (χ2v) is 4.00. The summed E-state index contributed by atoms with van der Waals surface area (Å²) < 4.78 is 7.43. The Morgan fingerprint density at radius 3 is 2.59 bits per heavy atom. The molecule has 90 valence electrons. The van der Waals surface area contributed by atoms with Crippen molar-refractivity contribution in [3.05, 3.63) is 42.0 Å². The molecule has 0 amide bonds. The molecular formula is C12H16N4O. The van der Waals surface area contributed by atoms with E-state index in [4.69, 9.17) is 10.5 Å². The number of hydrogen-bond acceptors (Lipinski definition) is 4. The van der Waals surface area contributed by atoms with Crippen molar-refractivity contribution >= 4 is 0 Å². The van der Waals surface area contributed by atoms with Gasteiger partial charge in [0.05, 0.1) is 0 Å². The zero-order chi connectivity index (χ0) is 12.3. The molecule has 0 bridgehead atoms. The first kappa shape index (κ1) is 11.6. The average Bonchev–Trinajstić information content (AvgIpc) is 2.73. The van der Waals surface area contributed by atoms with E-state index in [0.29, 0.717) is 6.61 Å². The van der Waals surface area contributed by atoms with Crippen LogP contribution in [0.3, 0.4) is 0 Å². The standard InChI is InChI=1S/C12H16N4O/c1-9(13)10-3-5-11(6-4-10)17-7-12-15-14-8-16(12)2/h3-6,8-9H,7,13H2,1-2H3. The number of nitrogens with two attached hydrogens (primary N) is 1. The molecule has 5 nitrogen and oxygen atoms in total. The summed E-state index contributed by atoms with van der Waals surface area (Å²) in [6, 6.07) is 7.81. The van der Waals surface area contributed by atoms with E-state index in [1.807, 2.05) is 42.8 Å². The molecular weight excluding hydrogens is 216 g/mol. The van der Waals surface area contributed by atoms with Crippen LogP contribution in [0, 0.1) is 0 Å². The molecule has 5 heteroatoms. The molecule has 2 aromatic rings. The highest BCUT2D eigenvalue weighted by Crippen LogP contribution is 2.16. The van der Waals surface area contributed by atoms with Gasteiger partial charge < -0.3 is 15.0 Å². The smallest absolute Gasteiger partial charge is 0.170 e. The quantitative estimate of drug-likeness (QED) is 0.865. The van der Waals surface area contributed by atoms with Crippen molar-refractivity contribution in [2.45, 2.75) is 19.6 Å². The van der Waals surface area contributed by atoms with Crippen molar-refractivity contribution in [2.24, 2.45) is 12.8 Å². The maximum atomic E-state index is 5.77. The van der Waals surface area contributed by atoms with Gasteiger partial charge in [0.25, 0.3) is 0 Å². The number of aryl methyl sites for hydroxylation is 1. The highest BCUT2D eigenvalue weighted by molar-refractivity contribution is 5.28. The minimum absolute atomic E-state index is 0.0443. The third-order valence-electron chi connectivity index (χ3n) is 2.58. The zero-order valence-corrected chi connectivity index (χ0v) is 10.00. The topological polar surface area (TPSA) is 66.0 Å². The SMILES string of the molecule is CC(N)c1ccc(OCc2nncn2C)cc1. The molecule has 0 spiro atoms. The fraction of sp³-hybridized carbons (Fsp3) is 0.333. The van der Waals surface area contributed by atoms with Gasteiger partial charge in [-0.15, -0.1) is 10.2 Å². The summed E-state index contributed by atoms with van der Waals surface area (Å²) in [6.45, 7) is 2.36. The Morgan fingerprint density at radius 1 is 1.35 bits per heavy atom. The Balaban J connectivity index is 1.98. The third kappa shape index (κ3) is 2.82. The maximum absolute atomic E-state index is 5.77. The largest absolute Gasteiger partial charge is 0.486 e. The summed E-state index contributed by atoms with van der Waals surface area (Å²) in [6.07, 6.45) is 1.65. The maximum Gasteiger partial charge on any atom is 0.170 e. The zero-order valence-electron chi connectivity index (χ0n) is 10.00. The lowest BCUT2D eigenvalue weighted by molar-refractivity contribution is 0.291. The lowest BCUT2D eigenvalue weighted by Crippen LogP contribution is -2.05. The van der Waals surface area contributed by atoms with E-state index >= 15 is 0 Å². The van der Waals surface area contributed by atoms with Gasteiger partial charge in [-0.1, -0.05) is 12.1 Å². The molecule has 1 aromatic carbocycles. The molecule has 0 saturated carbocycles. The lowest BCUT2D eigenvalue weighted by Gasteiger charge is -2.08. The van der Waals surface area contributed by atoms with Gasteiger partial charge in [0.2, 0.25) is 0 Å². The van der Waals surface area contributed by atoms with E-state index in [2.05, 4.69) is 10.2 Å². The van der Waals surface area contributed by atoms with Crippen LogP contribution in [0.5, 0.6) is 5.75 Å². The molecule has 17 heavy (non-hydrogen) atoms. The van der Waals surface area contributed by atoms with Crippen molar-refractivity contribution in [3.8, 4) is 5.75 Å². The van der Waals surface area contributed by atoms with E-state index in [9.17, 15) is 0 Å². The molecule has 0 aliphatic heterocycles. The first-order valence-corrected chi connectivity index (χ1v) is 5.48. The molecule has 0 fully saturated rings. The van der Waals surface area contributed by atoms with Gasteiger partial charge in [0.15, 0.2) is 5.82 Å². The summed E-state index contributed by atoms with van der Waals surface area (Å²) in [7, 11) is 1.89. The Morgan fingerprint density at radius 2 is 2.06 bits per heavy atom. The van der Waals surface area contributed by atoms with Crippen molar-refractivity contribution < 1.29 is 4.74 Å². The van der Waals surface area contributed by atoms with E-state index < -0.39 is 0 Å². The van der Waals surface area contributed by atoms with Gasteiger partial charge in [-0.05, 0) is 24.6 Å². The summed E-state index contributed by atoms with van der Waals surface area (Å²) in [5, 5.41) is 7.73. The van der Waals surface area contributed by atoms with Crippen LogP contribution in [0.2, 0.25) is 0 Å². The normalized spacial score (nSPS) is 12.4. The fourth-order valence-electron chi connectivity index (χ4n) is 1.45. The van der Waals surface area contributed by atoms with Crippen LogP contribution in [-0.4, -0.2) is 14.8 Å². The van der Waals surface area contributed by atoms with E-state index in [0.717, 1.165) is 17.1 Å². The molecule has 0 saturated heterocycles. The van der Waals surface area contributed by atoms with Crippen LogP contribution in [0.4, 0.5) is 0 Å². The molecule has 1 aromatic heterocycles. The Hall–Kier alpha value is -1.88. The second-order valence-electron chi connectivity index (χ2n) is 4.00. The molecule has 0 aliphatic carbocycles. The van der Waals surface area contributed by atoms with Crippen LogP contribution in [-0.2, 0) is 13.7 Å². The van der Waals surface area contributed by atoms with Gasteiger partial charge in [0, 0.05) is 13.1 Å². The van der Waals surface area contributed by atoms with Crippen LogP contribution >= 0.6 is 0 Å². The van der Waals surface area contributed by atoms with Crippen LogP contribution in [0.25, 0.3) is 0 Å². The molecule has 1 heterocycles. The monoisotopic (exact) mass is 232 g/mol. The van der Waals surface area contributed by atoms with E-state index in [1.54, 1.807) is 6.33 Å². The van der Waals surface area contributed by atoms with Gasteiger partial charge in [-0.3, -0.25) is 0 Å².